The molecule has 10 heteroatoms. The van der Waals surface area contributed by atoms with Gasteiger partial charge in [0, 0.05) is 34.7 Å². The van der Waals surface area contributed by atoms with Crippen molar-refractivity contribution in [1.29, 1.82) is 0 Å². The maximum Gasteiger partial charge on any atom is 0.304 e. The van der Waals surface area contributed by atoms with Gasteiger partial charge in [0.25, 0.3) is 0 Å². The number of hydrogen-bond acceptors (Lipinski definition) is 5. The summed E-state index contributed by atoms with van der Waals surface area (Å²) < 4.78 is 29.9. The van der Waals surface area contributed by atoms with Crippen LogP contribution >= 0.6 is 50.5 Å². The molecule has 0 amide bonds. The van der Waals surface area contributed by atoms with Gasteiger partial charge in [0.05, 0.1) is 3.79 Å². The van der Waals surface area contributed by atoms with Crippen LogP contribution in [0.4, 0.5) is 5.69 Å². The van der Waals surface area contributed by atoms with Crippen molar-refractivity contribution in [2.24, 2.45) is 0 Å². The van der Waals surface area contributed by atoms with Gasteiger partial charge in [-0.05, 0) is 76.1 Å². The zero-order valence-corrected chi connectivity index (χ0v) is 20.6. The monoisotopic (exact) mass is 548 g/mol. The summed E-state index contributed by atoms with van der Waals surface area (Å²) in [5, 5.41) is 1.43. The smallest absolute Gasteiger partial charge is 0.304 e. The predicted molar refractivity (Wildman–Crippen MR) is 127 cm³/mol. The molecule has 0 bridgehead atoms. The summed E-state index contributed by atoms with van der Waals surface area (Å²) in [4.78, 5) is 2.27. The van der Waals surface area contributed by atoms with Gasteiger partial charge in [0.1, 0.15) is 4.21 Å². The van der Waals surface area contributed by atoms with E-state index in [2.05, 4.69) is 33.9 Å². The highest BCUT2D eigenvalue weighted by Gasteiger charge is 2.27. The van der Waals surface area contributed by atoms with Crippen molar-refractivity contribution in [3.05, 3.63) is 79.1 Å². The molecular formula is C20H19BrCl2N2O3S2. The highest BCUT2D eigenvalue weighted by molar-refractivity contribution is 9.11. The van der Waals surface area contributed by atoms with E-state index in [0.29, 0.717) is 8.81 Å². The van der Waals surface area contributed by atoms with E-state index in [-0.39, 0.29) is 10.1 Å². The fourth-order valence-electron chi connectivity index (χ4n) is 3.34. The van der Waals surface area contributed by atoms with E-state index >= 15 is 0 Å². The van der Waals surface area contributed by atoms with Gasteiger partial charge in [-0.3, -0.25) is 4.55 Å². The largest absolute Gasteiger partial charge is 0.399 e. The third-order valence-corrected chi connectivity index (χ3v) is 8.11. The van der Waals surface area contributed by atoms with E-state index < -0.39 is 10.1 Å². The van der Waals surface area contributed by atoms with Crippen LogP contribution in [-0.2, 0) is 16.7 Å². The van der Waals surface area contributed by atoms with Gasteiger partial charge >= 0.3 is 10.1 Å². The maximum atomic E-state index is 10.4. The topological polar surface area (TPSA) is 83.6 Å². The molecule has 2 aromatic carbocycles. The number of nitrogens with two attached hydrogens (primary N) is 1. The first-order chi connectivity index (χ1) is 14.0. The maximum absolute atomic E-state index is 10.4. The predicted octanol–water partition coefficient (Wildman–Crippen LogP) is 5.91. The highest BCUT2D eigenvalue weighted by atomic mass is 79.9. The van der Waals surface area contributed by atoms with Gasteiger partial charge in [-0.1, -0.05) is 35.3 Å². The highest BCUT2D eigenvalue weighted by Crippen LogP contribution is 2.38. The van der Waals surface area contributed by atoms with Crippen molar-refractivity contribution in [1.82, 2.24) is 4.90 Å². The average molecular weight is 550 g/mol. The van der Waals surface area contributed by atoms with E-state index in [1.165, 1.54) is 17.2 Å². The number of anilines is 1. The molecule has 5 nitrogen and oxygen atoms in total. The Balaban J connectivity index is 0.000000216. The molecule has 1 aromatic heterocycles. The van der Waals surface area contributed by atoms with E-state index in [9.17, 15) is 8.42 Å². The summed E-state index contributed by atoms with van der Waals surface area (Å²) in [5.41, 5.74) is 10.3. The van der Waals surface area contributed by atoms with Crippen LogP contribution in [0.15, 0.2) is 56.5 Å². The number of nitrogens with zero attached hydrogens (tertiary/aromatic N) is 1. The molecule has 0 saturated carbocycles. The van der Waals surface area contributed by atoms with Gasteiger partial charge in [-0.15, -0.1) is 11.3 Å². The lowest BCUT2D eigenvalue weighted by Crippen LogP contribution is -2.31. The standard InChI is InChI=1S/C16H16Cl2N2.C4H3BrO3S2/c1-20-8-14(10-3-2-4-12(19)5-10)13-6-11(17)7-16(18)15(13)9-20;5-3-1-2-4(9-3)10(6,7)8/h2-7,14H,8-9,19H2,1H3;1-2H,(H,6,7,8). The number of fused-ring (bicyclic) bond motifs is 1. The molecular weight excluding hydrogens is 531 g/mol. The van der Waals surface area contributed by atoms with Gasteiger partial charge in [0.15, 0.2) is 0 Å². The van der Waals surface area contributed by atoms with Crippen molar-refractivity contribution < 1.29 is 13.0 Å². The molecule has 30 heavy (non-hydrogen) atoms. The molecule has 4 rings (SSSR count). The lowest BCUT2D eigenvalue weighted by atomic mass is 9.84. The Morgan fingerprint density at radius 3 is 2.50 bits per heavy atom. The number of benzene rings is 2. The van der Waals surface area contributed by atoms with Crippen molar-refractivity contribution in [2.75, 3.05) is 19.3 Å². The lowest BCUT2D eigenvalue weighted by molar-refractivity contribution is 0.295. The fraction of sp³-hybridized carbons (Fsp3) is 0.200. The molecule has 2 heterocycles. The van der Waals surface area contributed by atoms with Crippen LogP contribution in [0.3, 0.4) is 0 Å². The van der Waals surface area contributed by atoms with Crippen LogP contribution < -0.4 is 5.73 Å². The lowest BCUT2D eigenvalue weighted by Gasteiger charge is -2.33. The third kappa shape index (κ3) is 5.76. The fourth-order valence-corrected chi connectivity index (χ4v) is 6.28. The van der Waals surface area contributed by atoms with Crippen LogP contribution in [0.25, 0.3) is 0 Å². The molecule has 0 fully saturated rings. The third-order valence-electron chi connectivity index (χ3n) is 4.61. The van der Waals surface area contributed by atoms with Crippen LogP contribution in [0.5, 0.6) is 0 Å². The molecule has 0 spiro atoms. The summed E-state index contributed by atoms with van der Waals surface area (Å²) in [5.74, 6) is 0.253. The zero-order chi connectivity index (χ0) is 22.1. The molecule has 1 atom stereocenters. The molecule has 3 aromatic rings. The number of nitrogen functional groups attached to an aromatic ring is 1. The number of hydrogen-bond donors (Lipinski definition) is 2. The Morgan fingerprint density at radius 2 is 1.93 bits per heavy atom. The minimum Gasteiger partial charge on any atom is -0.399 e. The Morgan fingerprint density at radius 1 is 1.20 bits per heavy atom. The summed E-state index contributed by atoms with van der Waals surface area (Å²) in [6.07, 6.45) is 0. The Bertz CT molecular complexity index is 1170. The molecule has 3 N–H and O–H groups in total. The first kappa shape index (κ1) is 23.5. The number of thiophene rings is 1. The van der Waals surface area contributed by atoms with Crippen LogP contribution in [0, 0.1) is 0 Å². The average Bonchev–Trinajstić information content (AvgIpc) is 3.09. The Hall–Kier alpha value is -1.13. The van der Waals surface area contributed by atoms with Gasteiger partial charge < -0.3 is 10.6 Å². The Kier molecular flexibility index (Phi) is 7.50. The van der Waals surface area contributed by atoms with Gasteiger partial charge in [-0.25, -0.2) is 0 Å². The first-order valence-corrected chi connectivity index (χ1v) is 12.6. The van der Waals surface area contributed by atoms with Gasteiger partial charge in [0.2, 0.25) is 0 Å². The summed E-state index contributed by atoms with van der Waals surface area (Å²) in [6, 6.07) is 14.8. The van der Waals surface area contributed by atoms with E-state index in [4.69, 9.17) is 33.5 Å². The second kappa shape index (κ2) is 9.56. The molecule has 160 valence electrons. The molecule has 0 saturated heterocycles. The molecule has 0 radical (unpaired) electrons. The SMILES string of the molecule is CN1Cc2c(Cl)cc(Cl)cc2C(c2cccc(N)c2)C1.O=S(=O)(O)c1ccc(Br)s1. The van der Waals surface area contributed by atoms with E-state index in [1.807, 2.05) is 30.3 Å². The van der Waals surface area contributed by atoms with Gasteiger partial charge in [-0.2, -0.15) is 8.42 Å². The summed E-state index contributed by atoms with van der Waals surface area (Å²) in [7, 11) is -1.89. The molecule has 0 aliphatic carbocycles. The number of halogens is 3. The van der Waals surface area contributed by atoms with Crippen LogP contribution in [-0.4, -0.2) is 31.5 Å². The molecule has 1 aliphatic rings. The zero-order valence-electron chi connectivity index (χ0n) is 15.8. The first-order valence-electron chi connectivity index (χ1n) is 8.79. The van der Waals surface area contributed by atoms with Crippen molar-refractivity contribution >= 4 is 66.3 Å². The van der Waals surface area contributed by atoms with Crippen molar-refractivity contribution in [3.63, 3.8) is 0 Å². The summed E-state index contributed by atoms with van der Waals surface area (Å²) in [6.45, 7) is 1.79. The minimum absolute atomic E-state index is 0.0422. The molecule has 1 unspecified atom stereocenters. The Labute approximate surface area is 198 Å². The van der Waals surface area contributed by atoms with Crippen LogP contribution in [0.1, 0.15) is 22.6 Å². The van der Waals surface area contributed by atoms with E-state index in [0.717, 1.165) is 40.7 Å². The summed E-state index contributed by atoms with van der Waals surface area (Å²) >= 11 is 16.6. The number of rotatable bonds is 2. The normalized spacial score (nSPS) is 16.5. The number of likely N-dealkylation sites (N-methyl/N-ethyl adjacent to an activating group) is 1. The van der Waals surface area contributed by atoms with E-state index in [1.54, 1.807) is 6.07 Å². The minimum atomic E-state index is -3.99. The molecule has 1 aliphatic heterocycles. The van der Waals surface area contributed by atoms with Crippen LogP contribution in [0.2, 0.25) is 10.0 Å². The van der Waals surface area contributed by atoms with Crippen molar-refractivity contribution in [3.8, 4) is 0 Å². The van der Waals surface area contributed by atoms with Crippen molar-refractivity contribution in [2.45, 2.75) is 16.7 Å². The second-order valence-electron chi connectivity index (χ2n) is 6.91. The second-order valence-corrected chi connectivity index (χ2v) is 11.9. The quantitative estimate of drug-likeness (QED) is 0.306.